The third-order valence-corrected chi connectivity index (χ3v) is 3.23. The van der Waals surface area contributed by atoms with E-state index in [1.165, 1.54) is 0 Å². The van der Waals surface area contributed by atoms with Crippen LogP contribution in [0.1, 0.15) is 18.4 Å². The Balaban J connectivity index is 2.38. The summed E-state index contributed by atoms with van der Waals surface area (Å²) in [5.41, 5.74) is 0.887. The lowest BCUT2D eigenvalue weighted by atomic mass is 10.0. The van der Waals surface area contributed by atoms with Gasteiger partial charge in [0.2, 0.25) is 0 Å². The number of aromatic nitrogens is 1. The van der Waals surface area contributed by atoms with Crippen LogP contribution < -0.4 is 0 Å². The number of rotatable bonds is 1. The van der Waals surface area contributed by atoms with Gasteiger partial charge in [0.05, 0.1) is 11.1 Å². The Hall–Kier alpha value is -1.12. The fourth-order valence-corrected chi connectivity index (χ4v) is 2.26. The molecular weight excluding hydrogens is 210 g/mol. The van der Waals surface area contributed by atoms with Gasteiger partial charge in [-0.05, 0) is 25.0 Å². The first-order chi connectivity index (χ1) is 7.21. The highest BCUT2D eigenvalue weighted by atomic mass is 35.5. The number of hydrogen-bond donors (Lipinski definition) is 1. The second-order valence-electron chi connectivity index (χ2n) is 4.03. The quantitative estimate of drug-likeness (QED) is 0.800. The third kappa shape index (κ3) is 1.33. The monoisotopic (exact) mass is 219 g/mol. The van der Waals surface area contributed by atoms with Crippen LogP contribution in [0.5, 0.6) is 0 Å². The molecule has 2 nitrogen and oxygen atoms in total. The molecule has 1 heterocycles. The first-order valence-electron chi connectivity index (χ1n) is 4.97. The molecule has 2 aromatic rings. The molecule has 0 amide bonds. The first kappa shape index (κ1) is 9.13. The lowest BCUT2D eigenvalue weighted by molar-refractivity contribution is 0.153. The Morgan fingerprint density at radius 1 is 1.27 bits per heavy atom. The maximum absolute atomic E-state index is 10.2. The summed E-state index contributed by atoms with van der Waals surface area (Å²) < 4.78 is 0. The molecule has 0 bridgehead atoms. The van der Waals surface area contributed by atoms with Gasteiger partial charge in [0.1, 0.15) is 0 Å². The molecule has 76 valence electrons. The van der Waals surface area contributed by atoms with Gasteiger partial charge in [-0.3, -0.25) is 4.98 Å². The highest BCUT2D eigenvalue weighted by Crippen LogP contribution is 2.49. The molecule has 0 aliphatic heterocycles. The van der Waals surface area contributed by atoms with Crippen LogP contribution >= 0.6 is 11.6 Å². The van der Waals surface area contributed by atoms with Crippen molar-refractivity contribution in [2.75, 3.05) is 0 Å². The molecule has 0 spiro atoms. The average Bonchev–Trinajstić information content (AvgIpc) is 2.97. The third-order valence-electron chi connectivity index (χ3n) is 2.91. The van der Waals surface area contributed by atoms with Crippen molar-refractivity contribution in [1.29, 1.82) is 0 Å². The van der Waals surface area contributed by atoms with E-state index >= 15 is 0 Å². The van der Waals surface area contributed by atoms with Gasteiger partial charge in [0.15, 0.2) is 0 Å². The molecule has 0 atom stereocenters. The number of benzene rings is 1. The molecule has 1 aromatic heterocycles. The topological polar surface area (TPSA) is 33.1 Å². The minimum atomic E-state index is -0.731. The maximum atomic E-state index is 10.2. The van der Waals surface area contributed by atoms with Crippen molar-refractivity contribution in [3.05, 3.63) is 41.0 Å². The van der Waals surface area contributed by atoms with Crippen LogP contribution in [0.3, 0.4) is 0 Å². The minimum Gasteiger partial charge on any atom is -0.385 e. The van der Waals surface area contributed by atoms with Crippen LogP contribution in [0.2, 0.25) is 5.02 Å². The molecule has 1 N–H and O–H groups in total. The Bertz CT molecular complexity index is 534. The molecule has 0 saturated heterocycles. The van der Waals surface area contributed by atoms with E-state index < -0.39 is 5.60 Å². The van der Waals surface area contributed by atoms with Crippen molar-refractivity contribution in [2.24, 2.45) is 0 Å². The second-order valence-corrected chi connectivity index (χ2v) is 4.44. The van der Waals surface area contributed by atoms with Crippen LogP contribution in [-0.4, -0.2) is 10.1 Å². The molecular formula is C12H10ClNO. The normalized spacial score (nSPS) is 18.0. The molecule has 15 heavy (non-hydrogen) atoms. The van der Waals surface area contributed by atoms with Crippen LogP contribution in [0.25, 0.3) is 10.9 Å². The molecule has 3 rings (SSSR count). The number of nitrogens with zero attached hydrogens (tertiary/aromatic N) is 1. The van der Waals surface area contributed by atoms with Gasteiger partial charge >= 0.3 is 0 Å². The summed E-state index contributed by atoms with van der Waals surface area (Å²) in [5.74, 6) is 0. The van der Waals surface area contributed by atoms with Crippen molar-refractivity contribution in [2.45, 2.75) is 18.4 Å². The van der Waals surface area contributed by atoms with E-state index in [-0.39, 0.29) is 0 Å². The average molecular weight is 220 g/mol. The van der Waals surface area contributed by atoms with Crippen molar-refractivity contribution in [3.63, 3.8) is 0 Å². The number of fused-ring (bicyclic) bond motifs is 1. The molecule has 1 fully saturated rings. The SMILES string of the molecule is OC1(c2c(Cl)ccc3cccnc23)CC1. The van der Waals surface area contributed by atoms with Gasteiger partial charge in [-0.1, -0.05) is 23.7 Å². The molecule has 1 saturated carbocycles. The van der Waals surface area contributed by atoms with Crippen molar-refractivity contribution in [1.82, 2.24) is 4.98 Å². The Labute approximate surface area is 92.5 Å². The molecule has 1 aromatic carbocycles. The smallest absolute Gasteiger partial charge is 0.0934 e. The van der Waals surface area contributed by atoms with Crippen LogP contribution in [0, 0.1) is 0 Å². The molecule has 3 heteroatoms. The summed E-state index contributed by atoms with van der Waals surface area (Å²) in [4.78, 5) is 4.30. The maximum Gasteiger partial charge on any atom is 0.0934 e. The van der Waals surface area contributed by atoms with E-state index in [9.17, 15) is 5.11 Å². The van der Waals surface area contributed by atoms with E-state index in [0.717, 1.165) is 29.3 Å². The van der Waals surface area contributed by atoms with Crippen molar-refractivity contribution < 1.29 is 5.11 Å². The fraction of sp³-hybridized carbons (Fsp3) is 0.250. The highest BCUT2D eigenvalue weighted by Gasteiger charge is 2.45. The predicted molar refractivity (Wildman–Crippen MR) is 59.9 cm³/mol. The van der Waals surface area contributed by atoms with E-state index in [1.54, 1.807) is 6.20 Å². The summed E-state index contributed by atoms with van der Waals surface area (Å²) in [5, 5.41) is 11.8. The van der Waals surface area contributed by atoms with E-state index in [0.29, 0.717) is 5.02 Å². The Morgan fingerprint density at radius 3 is 2.80 bits per heavy atom. The summed E-state index contributed by atoms with van der Waals surface area (Å²) in [7, 11) is 0. The highest BCUT2D eigenvalue weighted by molar-refractivity contribution is 6.32. The summed E-state index contributed by atoms with van der Waals surface area (Å²) in [6.07, 6.45) is 3.29. The summed E-state index contributed by atoms with van der Waals surface area (Å²) in [6.45, 7) is 0. The Kier molecular flexibility index (Phi) is 1.79. The van der Waals surface area contributed by atoms with Crippen LogP contribution in [0.4, 0.5) is 0 Å². The van der Waals surface area contributed by atoms with Gasteiger partial charge in [0, 0.05) is 22.2 Å². The lowest BCUT2D eigenvalue weighted by Gasteiger charge is -2.12. The Morgan fingerprint density at radius 2 is 2.07 bits per heavy atom. The minimum absolute atomic E-state index is 0.612. The molecule has 0 radical (unpaired) electrons. The zero-order chi connectivity index (χ0) is 10.5. The van der Waals surface area contributed by atoms with Gasteiger partial charge in [0.25, 0.3) is 0 Å². The summed E-state index contributed by atoms with van der Waals surface area (Å²) >= 11 is 6.13. The number of pyridine rings is 1. The predicted octanol–water partition coefficient (Wildman–Crippen LogP) is 2.87. The van der Waals surface area contributed by atoms with Gasteiger partial charge in [-0.25, -0.2) is 0 Å². The van der Waals surface area contributed by atoms with E-state index in [4.69, 9.17) is 11.6 Å². The van der Waals surface area contributed by atoms with Gasteiger partial charge in [-0.15, -0.1) is 0 Å². The van der Waals surface area contributed by atoms with Crippen LogP contribution in [0.15, 0.2) is 30.5 Å². The standard InChI is InChI=1S/C12H10ClNO/c13-9-4-3-8-2-1-7-14-11(8)10(9)12(15)5-6-12/h1-4,7,15H,5-6H2. The van der Waals surface area contributed by atoms with Crippen LogP contribution in [-0.2, 0) is 5.60 Å². The number of hydrogen-bond acceptors (Lipinski definition) is 2. The van der Waals surface area contributed by atoms with E-state index in [1.807, 2.05) is 24.3 Å². The zero-order valence-electron chi connectivity index (χ0n) is 8.07. The van der Waals surface area contributed by atoms with Gasteiger partial charge < -0.3 is 5.11 Å². The largest absolute Gasteiger partial charge is 0.385 e. The number of aliphatic hydroxyl groups is 1. The van der Waals surface area contributed by atoms with Crippen molar-refractivity contribution >= 4 is 22.5 Å². The van der Waals surface area contributed by atoms with Crippen molar-refractivity contribution in [3.8, 4) is 0 Å². The first-order valence-corrected chi connectivity index (χ1v) is 5.35. The lowest BCUT2D eigenvalue weighted by Crippen LogP contribution is -2.06. The van der Waals surface area contributed by atoms with Gasteiger partial charge in [-0.2, -0.15) is 0 Å². The molecule has 0 unspecified atom stereocenters. The van der Waals surface area contributed by atoms with E-state index in [2.05, 4.69) is 4.98 Å². The molecule has 1 aliphatic rings. The fourth-order valence-electron chi connectivity index (χ4n) is 1.93. The zero-order valence-corrected chi connectivity index (χ0v) is 8.83. The summed E-state index contributed by atoms with van der Waals surface area (Å²) in [6, 6.07) is 7.63. The number of halogens is 1. The second kappa shape index (κ2) is 2.94. The molecule has 1 aliphatic carbocycles.